The zero-order valence-corrected chi connectivity index (χ0v) is 12.1. The third-order valence-electron chi connectivity index (χ3n) is 3.62. The molecule has 0 saturated carbocycles. The first-order valence-electron chi connectivity index (χ1n) is 6.70. The predicted molar refractivity (Wildman–Crippen MR) is 77.2 cm³/mol. The molecule has 5 N–H and O–H groups in total. The molecule has 1 fully saturated rings. The maximum atomic E-state index is 10.1. The van der Waals surface area contributed by atoms with Crippen molar-refractivity contribution in [2.24, 2.45) is 0 Å². The highest BCUT2D eigenvalue weighted by atomic mass is 16.6. The minimum absolute atomic E-state index is 0.0779. The zero-order valence-electron chi connectivity index (χ0n) is 12.1. The molecular formula is C13H15N5O5. The van der Waals surface area contributed by atoms with E-state index in [4.69, 9.17) is 21.6 Å². The third-order valence-corrected chi connectivity index (χ3v) is 3.62. The fourth-order valence-electron chi connectivity index (χ4n) is 2.53. The van der Waals surface area contributed by atoms with Crippen LogP contribution in [-0.4, -0.2) is 67.1 Å². The molecule has 2 aromatic rings. The van der Waals surface area contributed by atoms with Gasteiger partial charge in [-0.3, -0.25) is 0 Å². The Morgan fingerprint density at radius 3 is 2.70 bits per heavy atom. The molecule has 0 aliphatic carbocycles. The summed E-state index contributed by atoms with van der Waals surface area (Å²) in [7, 11) is 1.39. The van der Waals surface area contributed by atoms with E-state index >= 15 is 0 Å². The summed E-state index contributed by atoms with van der Waals surface area (Å²) in [5, 5.41) is 33.7. The van der Waals surface area contributed by atoms with E-state index in [9.17, 15) is 15.3 Å². The molecule has 0 aromatic carbocycles. The van der Waals surface area contributed by atoms with E-state index < -0.39 is 31.1 Å². The van der Waals surface area contributed by atoms with Crippen LogP contribution < -0.4 is 10.5 Å². The summed E-state index contributed by atoms with van der Waals surface area (Å²) in [5.74, 6) is 2.44. The fourth-order valence-corrected chi connectivity index (χ4v) is 2.53. The molecule has 3 rings (SSSR count). The zero-order chi connectivity index (χ0) is 16.7. The molecule has 2 aromatic heterocycles. The van der Waals surface area contributed by atoms with E-state index in [1.165, 1.54) is 11.8 Å². The Morgan fingerprint density at radius 1 is 1.39 bits per heavy atom. The Hall–Kier alpha value is -2.45. The van der Waals surface area contributed by atoms with Crippen molar-refractivity contribution in [3.8, 4) is 18.2 Å². The number of terminal acetylenes is 1. The fraction of sp³-hybridized carbons (Fsp3) is 0.462. The smallest absolute Gasteiger partial charge is 0.230 e. The number of nitrogens with two attached hydrogens (primary N) is 1. The number of rotatable bonds is 3. The number of hydrogen-bond acceptors (Lipinski definition) is 9. The van der Waals surface area contributed by atoms with Gasteiger partial charge in [-0.1, -0.05) is 0 Å². The first-order chi connectivity index (χ1) is 11.0. The summed E-state index contributed by atoms with van der Waals surface area (Å²) in [6.45, 7) is -0.462. The number of nitrogens with zero attached hydrogens (tertiary/aromatic N) is 4. The van der Waals surface area contributed by atoms with Crippen molar-refractivity contribution >= 4 is 17.0 Å². The minimum Gasteiger partial charge on any atom is -0.480 e. The largest absolute Gasteiger partial charge is 0.480 e. The normalized spacial score (nSPS) is 27.3. The third kappa shape index (κ3) is 2.27. The van der Waals surface area contributed by atoms with Crippen molar-refractivity contribution < 1.29 is 24.8 Å². The van der Waals surface area contributed by atoms with Crippen LogP contribution in [0, 0.1) is 12.3 Å². The first-order valence-corrected chi connectivity index (χ1v) is 6.70. The van der Waals surface area contributed by atoms with E-state index in [1.807, 2.05) is 0 Å². The van der Waals surface area contributed by atoms with E-state index in [0.29, 0.717) is 5.39 Å². The molecule has 4 atom stereocenters. The molecular weight excluding hydrogens is 306 g/mol. The number of ether oxygens (including phenoxy) is 2. The van der Waals surface area contributed by atoms with Crippen LogP contribution in [0.15, 0.2) is 0 Å². The molecule has 122 valence electrons. The number of aromatic nitrogens is 4. The summed E-state index contributed by atoms with van der Waals surface area (Å²) in [6, 6.07) is 0. The van der Waals surface area contributed by atoms with Gasteiger partial charge in [0.2, 0.25) is 11.8 Å². The van der Waals surface area contributed by atoms with Gasteiger partial charge in [0.05, 0.1) is 13.7 Å². The standard InChI is InChI=1S/C13H15N5O5/c1-3-5-7-10(15-13(14)16-11(7)22-2)18(17-5)12-9(21)8(20)6(4-19)23-12/h1,6,8-9,12,19-21H,4H2,2H3,(H2,14,15,16)/t6-,8?,9+,12-/m1/s1. The van der Waals surface area contributed by atoms with Gasteiger partial charge in [0.1, 0.15) is 29.4 Å². The maximum absolute atomic E-state index is 10.1. The van der Waals surface area contributed by atoms with Gasteiger partial charge in [-0.05, 0) is 5.92 Å². The highest BCUT2D eigenvalue weighted by Gasteiger charge is 2.45. The Bertz CT molecular complexity index is 785. The molecule has 0 bridgehead atoms. The molecule has 0 radical (unpaired) electrons. The van der Waals surface area contributed by atoms with Crippen LogP contribution in [0.5, 0.6) is 5.88 Å². The lowest BCUT2D eigenvalue weighted by Gasteiger charge is -2.15. The molecule has 0 amide bonds. The molecule has 1 aliphatic heterocycles. The first kappa shape index (κ1) is 15.4. The van der Waals surface area contributed by atoms with Gasteiger partial charge in [-0.2, -0.15) is 15.1 Å². The lowest BCUT2D eigenvalue weighted by molar-refractivity contribution is -0.0567. The van der Waals surface area contributed by atoms with Crippen LogP contribution in [0.4, 0.5) is 5.95 Å². The van der Waals surface area contributed by atoms with E-state index in [0.717, 1.165) is 0 Å². The Balaban J connectivity index is 2.20. The van der Waals surface area contributed by atoms with E-state index in [1.54, 1.807) is 0 Å². The summed E-state index contributed by atoms with van der Waals surface area (Å²) in [6.07, 6.45) is 0.790. The number of aliphatic hydroxyl groups is 3. The quantitative estimate of drug-likeness (QED) is 0.471. The topological polar surface area (TPSA) is 149 Å². The maximum Gasteiger partial charge on any atom is 0.230 e. The Labute approximate surface area is 130 Å². The molecule has 10 heteroatoms. The number of hydrogen-bond donors (Lipinski definition) is 4. The van der Waals surface area contributed by atoms with Crippen LogP contribution in [0.2, 0.25) is 0 Å². The van der Waals surface area contributed by atoms with Crippen LogP contribution in [0.3, 0.4) is 0 Å². The second kappa shape index (κ2) is 5.64. The van der Waals surface area contributed by atoms with Crippen LogP contribution in [0.25, 0.3) is 11.0 Å². The summed E-state index contributed by atoms with van der Waals surface area (Å²) >= 11 is 0. The Kier molecular flexibility index (Phi) is 3.78. The van der Waals surface area contributed by atoms with Crippen molar-refractivity contribution in [2.75, 3.05) is 19.5 Å². The van der Waals surface area contributed by atoms with Gasteiger partial charge in [0.15, 0.2) is 11.9 Å². The van der Waals surface area contributed by atoms with Gasteiger partial charge in [-0.25, -0.2) is 4.68 Å². The summed E-state index contributed by atoms with van der Waals surface area (Å²) in [5.41, 5.74) is 6.01. The average molecular weight is 321 g/mol. The lowest BCUT2D eigenvalue weighted by Crippen LogP contribution is -2.33. The van der Waals surface area contributed by atoms with Crippen LogP contribution in [-0.2, 0) is 4.74 Å². The van der Waals surface area contributed by atoms with Gasteiger partial charge < -0.3 is 30.5 Å². The molecule has 1 aliphatic rings. The van der Waals surface area contributed by atoms with Gasteiger partial charge >= 0.3 is 0 Å². The van der Waals surface area contributed by atoms with E-state index in [2.05, 4.69) is 21.0 Å². The summed E-state index contributed by atoms with van der Waals surface area (Å²) < 4.78 is 11.8. The number of fused-ring (bicyclic) bond motifs is 1. The Morgan fingerprint density at radius 2 is 2.13 bits per heavy atom. The highest BCUT2D eigenvalue weighted by molar-refractivity contribution is 5.87. The van der Waals surface area contributed by atoms with Crippen molar-refractivity contribution in [1.29, 1.82) is 0 Å². The second-order valence-corrected chi connectivity index (χ2v) is 4.96. The van der Waals surface area contributed by atoms with Crippen molar-refractivity contribution in [3.63, 3.8) is 0 Å². The SMILES string of the molecule is C#Cc1nn([C@@H]2O[C@H](CO)C(O)[C@@H]2O)c2nc(N)nc(OC)c12. The molecule has 0 spiro atoms. The van der Waals surface area contributed by atoms with Gasteiger partial charge in [-0.15, -0.1) is 6.42 Å². The second-order valence-electron chi connectivity index (χ2n) is 4.96. The molecule has 10 nitrogen and oxygen atoms in total. The minimum atomic E-state index is -1.33. The summed E-state index contributed by atoms with van der Waals surface area (Å²) in [4.78, 5) is 8.00. The molecule has 3 heterocycles. The van der Waals surface area contributed by atoms with Crippen LogP contribution in [0.1, 0.15) is 11.9 Å². The van der Waals surface area contributed by atoms with Crippen molar-refractivity contribution in [1.82, 2.24) is 19.7 Å². The van der Waals surface area contributed by atoms with Crippen LogP contribution >= 0.6 is 0 Å². The van der Waals surface area contributed by atoms with Crippen molar-refractivity contribution in [3.05, 3.63) is 5.69 Å². The number of aliphatic hydroxyl groups excluding tert-OH is 3. The van der Waals surface area contributed by atoms with Gasteiger partial charge in [0.25, 0.3) is 0 Å². The number of anilines is 1. The van der Waals surface area contributed by atoms with Crippen molar-refractivity contribution in [2.45, 2.75) is 24.5 Å². The predicted octanol–water partition coefficient (Wildman–Crippen LogP) is -1.99. The number of nitrogen functional groups attached to an aromatic ring is 1. The average Bonchev–Trinajstić information content (AvgIpc) is 3.05. The van der Waals surface area contributed by atoms with E-state index in [-0.39, 0.29) is 23.2 Å². The molecule has 1 saturated heterocycles. The van der Waals surface area contributed by atoms with Gasteiger partial charge in [0, 0.05) is 0 Å². The molecule has 23 heavy (non-hydrogen) atoms. The number of methoxy groups -OCH3 is 1. The lowest BCUT2D eigenvalue weighted by atomic mass is 10.1. The monoisotopic (exact) mass is 321 g/mol. The highest BCUT2D eigenvalue weighted by Crippen LogP contribution is 2.34. The molecule has 1 unspecified atom stereocenters.